The smallest absolute Gasteiger partial charge is 0.352 e. The molecule has 3 aromatic carbocycles. The summed E-state index contributed by atoms with van der Waals surface area (Å²) < 4.78 is 32.6. The molecule has 8 bridgehead atoms. The standard InChI is InChI=1S/C38H39ClFN5O5/c1-21-33-30-11-10-29(39)35(33)34-22(2)43(3)42-36(34)31(12-14-46)50-20-26-19-27(44(4)41-26)8-6-23-16-24-18-25(40)7-9-28(24)32(17-23)49-15-5-13-45(30)37(21)38(47)48/h7,9-11,16-19,31,46H,5-6,8,12-15,20H2,1-4H3,(H,47,48). The highest BCUT2D eigenvalue weighted by Gasteiger charge is 2.30. The fourth-order valence-corrected chi connectivity index (χ4v) is 7.57. The van der Waals surface area contributed by atoms with Crippen LogP contribution < -0.4 is 4.74 Å². The van der Waals surface area contributed by atoms with Crippen LogP contribution in [-0.2, 0) is 44.8 Å². The Morgan fingerprint density at radius 1 is 1.04 bits per heavy atom. The predicted octanol–water partition coefficient (Wildman–Crippen LogP) is 7.24. The molecule has 0 saturated heterocycles. The maximum Gasteiger partial charge on any atom is 0.352 e. The van der Waals surface area contributed by atoms with E-state index in [9.17, 15) is 19.4 Å². The molecule has 1 aliphatic heterocycles. The SMILES string of the molecule is Cc1c(C(=O)O)n2c3ccc(Cl)c(c13)-c1c(nn(C)c1C)C(CCO)OCc1cc(n(C)n1)CCc1cc(c3ccc(F)cc3c1)OCCC2. The lowest BCUT2D eigenvalue weighted by Gasteiger charge is -2.18. The molecule has 0 amide bonds. The van der Waals surface area contributed by atoms with Gasteiger partial charge in [-0.2, -0.15) is 10.2 Å². The van der Waals surface area contributed by atoms with E-state index in [2.05, 4.69) is 0 Å². The van der Waals surface area contributed by atoms with Crippen molar-refractivity contribution in [1.29, 1.82) is 0 Å². The van der Waals surface area contributed by atoms with E-state index in [0.29, 0.717) is 60.0 Å². The van der Waals surface area contributed by atoms with E-state index in [0.717, 1.165) is 49.9 Å². The summed E-state index contributed by atoms with van der Waals surface area (Å²) in [6.45, 7) is 4.47. The highest BCUT2D eigenvalue weighted by Crippen LogP contribution is 2.44. The number of ether oxygens (including phenoxy) is 2. The fraction of sp³-hybridized carbons (Fsp3) is 0.342. The molecule has 7 rings (SSSR count). The first-order chi connectivity index (χ1) is 24.0. The van der Waals surface area contributed by atoms with Crippen molar-refractivity contribution < 1.29 is 28.9 Å². The average Bonchev–Trinajstić information content (AvgIpc) is 3.69. The van der Waals surface area contributed by atoms with Gasteiger partial charge in [0.1, 0.15) is 23.4 Å². The topological polar surface area (TPSA) is 117 Å². The Labute approximate surface area is 293 Å². The second kappa shape index (κ2) is 13.5. The maximum atomic E-state index is 14.3. The third-order valence-corrected chi connectivity index (χ3v) is 10.1. The molecule has 12 heteroatoms. The van der Waals surface area contributed by atoms with Gasteiger partial charge in [0, 0.05) is 77.5 Å². The van der Waals surface area contributed by atoms with Gasteiger partial charge in [-0.1, -0.05) is 17.7 Å². The van der Waals surface area contributed by atoms with Gasteiger partial charge in [0.15, 0.2) is 0 Å². The second-order valence-electron chi connectivity index (χ2n) is 12.9. The van der Waals surface area contributed by atoms with Crippen LogP contribution in [0.15, 0.2) is 48.5 Å². The number of rotatable bonds is 3. The number of aromatic carboxylic acids is 1. The Hall–Kier alpha value is -4.71. The van der Waals surface area contributed by atoms with Crippen LogP contribution in [0.25, 0.3) is 32.8 Å². The molecule has 50 heavy (non-hydrogen) atoms. The minimum Gasteiger partial charge on any atom is -0.493 e. The van der Waals surface area contributed by atoms with Crippen LogP contribution >= 0.6 is 11.6 Å². The molecule has 3 aromatic heterocycles. The minimum atomic E-state index is -1.05. The molecule has 6 aromatic rings. The van der Waals surface area contributed by atoms with E-state index in [-0.39, 0.29) is 31.1 Å². The minimum absolute atomic E-state index is 0.136. The molecule has 0 saturated carbocycles. The number of nitrogens with zero attached hydrogens (tertiary/aromatic N) is 5. The van der Waals surface area contributed by atoms with Gasteiger partial charge < -0.3 is 24.3 Å². The lowest BCUT2D eigenvalue weighted by molar-refractivity contribution is 0.0184. The van der Waals surface area contributed by atoms with Crippen LogP contribution in [-0.4, -0.2) is 53.5 Å². The number of carboxylic acids is 1. The van der Waals surface area contributed by atoms with Crippen LogP contribution in [0.5, 0.6) is 5.75 Å². The monoisotopic (exact) mass is 699 g/mol. The van der Waals surface area contributed by atoms with Crippen molar-refractivity contribution >= 4 is 39.2 Å². The molecule has 2 N–H and O–H groups in total. The maximum absolute atomic E-state index is 14.3. The molecular formula is C38H39ClFN5O5. The molecule has 1 atom stereocenters. The summed E-state index contributed by atoms with van der Waals surface area (Å²) in [5.41, 5.74) is 7.07. The Balaban J connectivity index is 1.40. The van der Waals surface area contributed by atoms with Crippen LogP contribution in [0.3, 0.4) is 0 Å². The zero-order valence-corrected chi connectivity index (χ0v) is 29.2. The van der Waals surface area contributed by atoms with Gasteiger partial charge >= 0.3 is 5.97 Å². The third-order valence-electron chi connectivity index (χ3n) is 9.78. The van der Waals surface area contributed by atoms with Crippen LogP contribution in [0.2, 0.25) is 5.02 Å². The van der Waals surface area contributed by atoms with Crippen molar-refractivity contribution in [2.45, 2.75) is 58.8 Å². The lowest BCUT2D eigenvalue weighted by Crippen LogP contribution is -2.12. The number of aliphatic hydroxyl groups excluding tert-OH is 1. The van der Waals surface area contributed by atoms with Crippen molar-refractivity contribution in [3.63, 3.8) is 0 Å². The number of aryl methyl sites for hydroxylation is 6. The molecule has 0 fully saturated rings. The molecule has 1 unspecified atom stereocenters. The second-order valence-corrected chi connectivity index (χ2v) is 13.3. The summed E-state index contributed by atoms with van der Waals surface area (Å²) in [6.07, 6.45) is 1.54. The van der Waals surface area contributed by atoms with Crippen molar-refractivity contribution in [2.75, 3.05) is 13.2 Å². The van der Waals surface area contributed by atoms with E-state index in [4.69, 9.17) is 31.3 Å². The Morgan fingerprint density at radius 2 is 1.86 bits per heavy atom. The highest BCUT2D eigenvalue weighted by molar-refractivity contribution is 6.35. The molecule has 0 radical (unpaired) electrons. The quantitative estimate of drug-likeness (QED) is 0.200. The molecule has 0 spiro atoms. The van der Waals surface area contributed by atoms with Gasteiger partial charge in [-0.25, -0.2) is 9.18 Å². The molecule has 4 heterocycles. The Morgan fingerprint density at radius 3 is 2.64 bits per heavy atom. The molecular weight excluding hydrogens is 661 g/mol. The Bertz CT molecular complexity index is 2270. The van der Waals surface area contributed by atoms with E-state index in [1.54, 1.807) is 23.7 Å². The van der Waals surface area contributed by atoms with Gasteiger partial charge in [0.2, 0.25) is 0 Å². The average molecular weight is 700 g/mol. The van der Waals surface area contributed by atoms with Crippen molar-refractivity contribution in [3.8, 4) is 16.9 Å². The van der Waals surface area contributed by atoms with Crippen molar-refractivity contribution in [2.24, 2.45) is 14.1 Å². The number of fused-ring (bicyclic) bond motifs is 8. The summed E-state index contributed by atoms with van der Waals surface area (Å²) in [4.78, 5) is 12.8. The number of hydrogen-bond acceptors (Lipinski definition) is 6. The van der Waals surface area contributed by atoms with Crippen LogP contribution in [0.1, 0.15) is 63.3 Å². The number of halogens is 2. The van der Waals surface area contributed by atoms with Crippen LogP contribution in [0.4, 0.5) is 4.39 Å². The molecule has 10 nitrogen and oxygen atoms in total. The first kappa shape index (κ1) is 33.8. The van der Waals surface area contributed by atoms with E-state index < -0.39 is 12.1 Å². The lowest BCUT2D eigenvalue weighted by atomic mass is 9.94. The highest BCUT2D eigenvalue weighted by atomic mass is 35.5. The number of carboxylic acid groups (broad SMARTS) is 1. The summed E-state index contributed by atoms with van der Waals surface area (Å²) >= 11 is 7.01. The molecule has 1 aliphatic rings. The number of aromatic nitrogens is 5. The van der Waals surface area contributed by atoms with E-state index in [1.807, 2.05) is 54.5 Å². The number of carbonyl (C=O) groups is 1. The summed E-state index contributed by atoms with van der Waals surface area (Å²) in [6, 6.07) is 14.3. The fourth-order valence-electron chi connectivity index (χ4n) is 7.32. The normalized spacial score (nSPS) is 15.6. The zero-order valence-electron chi connectivity index (χ0n) is 28.5. The van der Waals surface area contributed by atoms with Gasteiger partial charge in [0.05, 0.1) is 24.6 Å². The van der Waals surface area contributed by atoms with Crippen molar-refractivity contribution in [1.82, 2.24) is 24.1 Å². The first-order valence-corrected chi connectivity index (χ1v) is 17.1. The summed E-state index contributed by atoms with van der Waals surface area (Å²) in [7, 11) is 3.74. The van der Waals surface area contributed by atoms with Gasteiger partial charge in [0.25, 0.3) is 0 Å². The summed E-state index contributed by atoms with van der Waals surface area (Å²) in [5, 5.41) is 32.9. The largest absolute Gasteiger partial charge is 0.493 e. The molecule has 0 aliphatic carbocycles. The Kier molecular flexibility index (Phi) is 9.15. The van der Waals surface area contributed by atoms with E-state index >= 15 is 0 Å². The van der Waals surface area contributed by atoms with Crippen molar-refractivity contribution in [3.05, 3.63) is 99.0 Å². The predicted molar refractivity (Wildman–Crippen MR) is 189 cm³/mol. The third kappa shape index (κ3) is 6.03. The first-order valence-electron chi connectivity index (χ1n) is 16.7. The number of benzene rings is 3. The van der Waals surface area contributed by atoms with Gasteiger partial charge in [-0.05, 0) is 92.1 Å². The number of hydrogen-bond donors (Lipinski definition) is 2. The summed E-state index contributed by atoms with van der Waals surface area (Å²) in [5.74, 6) is -0.716. The number of aliphatic hydroxyl groups is 1. The zero-order chi connectivity index (χ0) is 35.3. The van der Waals surface area contributed by atoms with Gasteiger partial charge in [-0.3, -0.25) is 9.36 Å². The van der Waals surface area contributed by atoms with E-state index in [1.165, 1.54) is 12.1 Å². The van der Waals surface area contributed by atoms with Gasteiger partial charge in [-0.15, -0.1) is 0 Å². The molecule has 260 valence electrons. The van der Waals surface area contributed by atoms with Crippen LogP contribution in [0, 0.1) is 19.7 Å².